The summed E-state index contributed by atoms with van der Waals surface area (Å²) < 4.78 is 13.4. The summed E-state index contributed by atoms with van der Waals surface area (Å²) in [7, 11) is 1.92. The minimum absolute atomic E-state index is 0.319. The van der Waals surface area contributed by atoms with E-state index in [1.807, 2.05) is 25.6 Å². The Hall–Kier alpha value is -2.73. The Morgan fingerprint density at radius 2 is 2.00 bits per heavy atom. The van der Waals surface area contributed by atoms with Gasteiger partial charge in [0.1, 0.15) is 0 Å². The van der Waals surface area contributed by atoms with E-state index in [4.69, 9.17) is 9.15 Å². The topological polar surface area (TPSA) is 66.0 Å². The van der Waals surface area contributed by atoms with Crippen molar-refractivity contribution >= 4 is 22.0 Å². The van der Waals surface area contributed by atoms with Gasteiger partial charge in [0.05, 0.1) is 6.20 Å². The van der Waals surface area contributed by atoms with Gasteiger partial charge in [-0.3, -0.25) is 4.68 Å². The standard InChI is InChI=1S/C19H18N4O2/c1-23-11-15(10-21-23)13-2-3-14-9-20-18-17(16(14)8-13)25-19(22-18)12-4-6-24-7-5-12/h2-3,8-12H,4-7H2,1H3. The third-order valence-corrected chi connectivity index (χ3v) is 4.86. The fraction of sp³-hybridized carbons (Fsp3) is 0.316. The summed E-state index contributed by atoms with van der Waals surface area (Å²) in [5.74, 6) is 1.10. The molecule has 0 bridgehead atoms. The molecule has 0 saturated carbocycles. The molecule has 1 fully saturated rings. The number of nitrogens with zero attached hydrogens (tertiary/aromatic N) is 4. The maximum Gasteiger partial charge on any atom is 0.200 e. The van der Waals surface area contributed by atoms with Crippen LogP contribution in [-0.2, 0) is 11.8 Å². The Balaban J connectivity index is 1.66. The van der Waals surface area contributed by atoms with Crippen LogP contribution in [0.15, 0.2) is 41.2 Å². The van der Waals surface area contributed by atoms with Gasteiger partial charge in [-0.1, -0.05) is 12.1 Å². The van der Waals surface area contributed by atoms with Gasteiger partial charge in [0, 0.05) is 54.9 Å². The Kier molecular flexibility index (Phi) is 3.31. The van der Waals surface area contributed by atoms with Gasteiger partial charge in [0.2, 0.25) is 0 Å². The molecule has 0 amide bonds. The molecule has 0 spiro atoms. The molecule has 0 aliphatic carbocycles. The van der Waals surface area contributed by atoms with Crippen LogP contribution in [0.1, 0.15) is 24.7 Å². The summed E-state index contributed by atoms with van der Waals surface area (Å²) in [6.45, 7) is 1.53. The molecule has 126 valence electrons. The lowest BCUT2D eigenvalue weighted by Gasteiger charge is -2.18. The largest absolute Gasteiger partial charge is 0.438 e. The van der Waals surface area contributed by atoms with Gasteiger partial charge in [0.15, 0.2) is 17.1 Å². The highest BCUT2D eigenvalue weighted by atomic mass is 16.5. The summed E-state index contributed by atoms with van der Waals surface area (Å²) in [6.07, 6.45) is 7.64. The van der Waals surface area contributed by atoms with Crippen molar-refractivity contribution in [3.05, 3.63) is 42.7 Å². The van der Waals surface area contributed by atoms with E-state index in [1.54, 1.807) is 4.68 Å². The molecule has 1 aliphatic heterocycles. The minimum Gasteiger partial charge on any atom is -0.438 e. The molecule has 3 aromatic heterocycles. The molecule has 6 heteroatoms. The van der Waals surface area contributed by atoms with E-state index in [1.165, 1.54) is 0 Å². The third-order valence-electron chi connectivity index (χ3n) is 4.86. The van der Waals surface area contributed by atoms with Crippen molar-refractivity contribution in [2.75, 3.05) is 13.2 Å². The lowest BCUT2D eigenvalue weighted by Crippen LogP contribution is -2.14. The van der Waals surface area contributed by atoms with Crippen LogP contribution in [0.4, 0.5) is 0 Å². The highest BCUT2D eigenvalue weighted by molar-refractivity contribution is 6.02. The van der Waals surface area contributed by atoms with Gasteiger partial charge in [-0.25, -0.2) is 4.98 Å². The number of oxazole rings is 1. The minimum atomic E-state index is 0.319. The number of rotatable bonds is 2. The summed E-state index contributed by atoms with van der Waals surface area (Å²) in [4.78, 5) is 9.12. The van der Waals surface area contributed by atoms with E-state index in [0.717, 1.165) is 59.4 Å². The molecular weight excluding hydrogens is 316 g/mol. The average molecular weight is 334 g/mol. The van der Waals surface area contributed by atoms with Crippen LogP contribution in [0.5, 0.6) is 0 Å². The third kappa shape index (κ3) is 2.49. The predicted molar refractivity (Wildman–Crippen MR) is 94.3 cm³/mol. The summed E-state index contributed by atoms with van der Waals surface area (Å²) in [6, 6.07) is 6.29. The van der Waals surface area contributed by atoms with E-state index in [9.17, 15) is 0 Å². The summed E-state index contributed by atoms with van der Waals surface area (Å²) in [5.41, 5.74) is 3.64. The van der Waals surface area contributed by atoms with Crippen LogP contribution in [0.25, 0.3) is 33.1 Å². The number of ether oxygens (including phenoxy) is 1. The average Bonchev–Trinajstić information content (AvgIpc) is 3.28. The molecule has 1 aliphatic rings. The first-order valence-corrected chi connectivity index (χ1v) is 8.54. The van der Waals surface area contributed by atoms with Crippen molar-refractivity contribution < 1.29 is 9.15 Å². The Labute approximate surface area is 144 Å². The molecule has 4 heterocycles. The highest BCUT2D eigenvalue weighted by Crippen LogP contribution is 2.33. The number of hydrogen-bond acceptors (Lipinski definition) is 5. The second-order valence-corrected chi connectivity index (χ2v) is 6.55. The van der Waals surface area contributed by atoms with Gasteiger partial charge in [-0.2, -0.15) is 10.1 Å². The van der Waals surface area contributed by atoms with Gasteiger partial charge in [-0.15, -0.1) is 0 Å². The van der Waals surface area contributed by atoms with Crippen LogP contribution >= 0.6 is 0 Å². The van der Waals surface area contributed by atoms with Crippen LogP contribution in [-0.4, -0.2) is 33.0 Å². The van der Waals surface area contributed by atoms with Crippen molar-refractivity contribution in [1.29, 1.82) is 0 Å². The van der Waals surface area contributed by atoms with Crippen molar-refractivity contribution in [2.45, 2.75) is 18.8 Å². The summed E-state index contributed by atoms with van der Waals surface area (Å²) >= 11 is 0. The van der Waals surface area contributed by atoms with E-state index in [2.05, 4.69) is 33.3 Å². The second kappa shape index (κ2) is 5.67. The molecule has 1 aromatic carbocycles. The fourth-order valence-electron chi connectivity index (χ4n) is 3.46. The first kappa shape index (κ1) is 14.6. The van der Waals surface area contributed by atoms with E-state index in [0.29, 0.717) is 11.6 Å². The van der Waals surface area contributed by atoms with Crippen molar-refractivity contribution in [2.24, 2.45) is 7.05 Å². The van der Waals surface area contributed by atoms with E-state index >= 15 is 0 Å². The first-order chi connectivity index (χ1) is 12.3. The monoisotopic (exact) mass is 334 g/mol. The molecule has 4 aromatic rings. The molecular formula is C19H18N4O2. The molecule has 0 N–H and O–H groups in total. The zero-order valence-corrected chi connectivity index (χ0v) is 14.0. The number of benzene rings is 1. The van der Waals surface area contributed by atoms with Gasteiger partial charge in [0.25, 0.3) is 0 Å². The van der Waals surface area contributed by atoms with Crippen LogP contribution in [0, 0.1) is 0 Å². The predicted octanol–water partition coefficient (Wildman–Crippen LogP) is 3.67. The molecule has 1 saturated heterocycles. The molecule has 0 radical (unpaired) electrons. The quantitative estimate of drug-likeness (QED) is 0.559. The lowest BCUT2D eigenvalue weighted by atomic mass is 10.0. The van der Waals surface area contributed by atoms with Gasteiger partial charge in [-0.05, 0) is 24.5 Å². The number of fused-ring (bicyclic) bond motifs is 3. The number of hydrogen-bond donors (Lipinski definition) is 0. The SMILES string of the molecule is Cn1cc(-c2ccc3cnc4nc(C5CCOCC5)oc4c3c2)cn1. The Morgan fingerprint density at radius 1 is 1.12 bits per heavy atom. The molecule has 0 unspecified atom stereocenters. The molecule has 25 heavy (non-hydrogen) atoms. The lowest BCUT2D eigenvalue weighted by molar-refractivity contribution is 0.0798. The molecule has 5 rings (SSSR count). The zero-order valence-electron chi connectivity index (χ0n) is 14.0. The number of pyridine rings is 1. The van der Waals surface area contributed by atoms with Gasteiger partial charge < -0.3 is 9.15 Å². The van der Waals surface area contributed by atoms with Crippen LogP contribution < -0.4 is 0 Å². The first-order valence-electron chi connectivity index (χ1n) is 8.54. The van der Waals surface area contributed by atoms with Crippen molar-refractivity contribution in [3.8, 4) is 11.1 Å². The Bertz CT molecular complexity index is 1060. The number of aromatic nitrogens is 4. The van der Waals surface area contributed by atoms with Crippen LogP contribution in [0.3, 0.4) is 0 Å². The highest BCUT2D eigenvalue weighted by Gasteiger charge is 2.22. The molecule has 6 nitrogen and oxygen atoms in total. The van der Waals surface area contributed by atoms with Gasteiger partial charge >= 0.3 is 0 Å². The Morgan fingerprint density at radius 3 is 2.80 bits per heavy atom. The smallest absolute Gasteiger partial charge is 0.200 e. The normalized spacial score (nSPS) is 16.0. The van der Waals surface area contributed by atoms with Crippen LogP contribution in [0.2, 0.25) is 0 Å². The fourth-order valence-corrected chi connectivity index (χ4v) is 3.46. The van der Waals surface area contributed by atoms with E-state index < -0.39 is 0 Å². The summed E-state index contributed by atoms with van der Waals surface area (Å²) in [5, 5.41) is 6.35. The zero-order chi connectivity index (χ0) is 16.8. The molecule has 0 atom stereocenters. The van der Waals surface area contributed by atoms with Crippen molar-refractivity contribution in [3.63, 3.8) is 0 Å². The second-order valence-electron chi connectivity index (χ2n) is 6.55. The van der Waals surface area contributed by atoms with E-state index in [-0.39, 0.29) is 0 Å². The maximum absolute atomic E-state index is 6.17. The maximum atomic E-state index is 6.17. The number of aryl methyl sites for hydroxylation is 1. The van der Waals surface area contributed by atoms with Crippen molar-refractivity contribution in [1.82, 2.24) is 19.7 Å².